The number of fused-ring (bicyclic) bond motifs is 1. The van der Waals surface area contributed by atoms with Crippen LogP contribution in [-0.4, -0.2) is 29.7 Å². The van der Waals surface area contributed by atoms with E-state index in [0.29, 0.717) is 19.5 Å². The second kappa shape index (κ2) is 6.09. The average Bonchev–Trinajstić information content (AvgIpc) is 3.12. The van der Waals surface area contributed by atoms with Crippen molar-refractivity contribution in [2.75, 3.05) is 13.2 Å². The van der Waals surface area contributed by atoms with Gasteiger partial charge in [-0.2, -0.15) is 0 Å². The summed E-state index contributed by atoms with van der Waals surface area (Å²) in [6, 6.07) is 10.3. The van der Waals surface area contributed by atoms with Crippen molar-refractivity contribution in [3.63, 3.8) is 0 Å². The van der Waals surface area contributed by atoms with Crippen LogP contribution >= 0.6 is 0 Å². The Morgan fingerprint density at radius 3 is 3.10 bits per heavy atom. The summed E-state index contributed by atoms with van der Waals surface area (Å²) in [6.07, 6.45) is 4.92. The molecule has 0 aliphatic carbocycles. The van der Waals surface area contributed by atoms with Crippen LogP contribution in [0.15, 0.2) is 36.5 Å². The molecule has 1 aliphatic rings. The van der Waals surface area contributed by atoms with Crippen LogP contribution in [0.4, 0.5) is 0 Å². The number of ether oxygens (including phenoxy) is 1. The molecule has 0 bridgehead atoms. The molecule has 106 valence electrons. The van der Waals surface area contributed by atoms with Crippen molar-refractivity contribution >= 4 is 16.8 Å². The van der Waals surface area contributed by atoms with E-state index in [9.17, 15) is 4.79 Å². The fraction of sp³-hybridized carbons (Fsp3) is 0.438. The van der Waals surface area contributed by atoms with E-state index < -0.39 is 0 Å². The monoisotopic (exact) mass is 272 g/mol. The van der Waals surface area contributed by atoms with Gasteiger partial charge < -0.3 is 14.6 Å². The zero-order chi connectivity index (χ0) is 13.8. The number of hydrogen-bond acceptors (Lipinski definition) is 2. The number of aromatic nitrogens is 1. The van der Waals surface area contributed by atoms with Gasteiger partial charge in [0, 0.05) is 37.8 Å². The summed E-state index contributed by atoms with van der Waals surface area (Å²) in [5, 5.41) is 4.17. The maximum absolute atomic E-state index is 11.9. The van der Waals surface area contributed by atoms with E-state index >= 15 is 0 Å². The lowest BCUT2D eigenvalue weighted by Crippen LogP contribution is -2.32. The van der Waals surface area contributed by atoms with E-state index in [0.717, 1.165) is 19.4 Å². The third-order valence-electron chi connectivity index (χ3n) is 3.81. The second-order valence-electron chi connectivity index (χ2n) is 5.26. The first-order valence-electron chi connectivity index (χ1n) is 7.25. The predicted molar refractivity (Wildman–Crippen MR) is 78.5 cm³/mol. The molecule has 1 aromatic heterocycles. The van der Waals surface area contributed by atoms with Crippen molar-refractivity contribution < 1.29 is 9.53 Å². The molecule has 3 rings (SSSR count). The standard InChI is InChI=1S/C16H20N2O2/c19-16(17-12-14-5-3-11-20-14)8-10-18-9-7-13-4-1-2-6-15(13)18/h1-2,4,6-7,9,14H,3,5,8,10-12H2,(H,17,19)/t14-/m0/s1. The molecule has 1 aliphatic heterocycles. The van der Waals surface area contributed by atoms with Gasteiger partial charge in [0.1, 0.15) is 0 Å². The zero-order valence-corrected chi connectivity index (χ0v) is 11.5. The minimum Gasteiger partial charge on any atom is -0.376 e. The topological polar surface area (TPSA) is 43.3 Å². The first kappa shape index (κ1) is 13.2. The largest absolute Gasteiger partial charge is 0.376 e. The maximum atomic E-state index is 11.9. The lowest BCUT2D eigenvalue weighted by Gasteiger charge is -2.11. The zero-order valence-electron chi connectivity index (χ0n) is 11.5. The van der Waals surface area contributed by atoms with Crippen LogP contribution in [0.2, 0.25) is 0 Å². The maximum Gasteiger partial charge on any atom is 0.221 e. The highest BCUT2D eigenvalue weighted by Gasteiger charge is 2.16. The highest BCUT2D eigenvalue weighted by Crippen LogP contribution is 2.15. The summed E-state index contributed by atoms with van der Waals surface area (Å²) in [7, 11) is 0. The molecule has 4 nitrogen and oxygen atoms in total. The van der Waals surface area contributed by atoms with Crippen LogP contribution in [0.3, 0.4) is 0 Å². The molecule has 2 heterocycles. The van der Waals surface area contributed by atoms with Crippen molar-refractivity contribution in [2.24, 2.45) is 0 Å². The Morgan fingerprint density at radius 1 is 1.35 bits per heavy atom. The number of para-hydroxylation sites is 1. The molecule has 20 heavy (non-hydrogen) atoms. The summed E-state index contributed by atoms with van der Waals surface area (Å²) < 4.78 is 7.62. The fourth-order valence-corrected chi connectivity index (χ4v) is 2.68. The molecule has 1 atom stereocenters. The smallest absolute Gasteiger partial charge is 0.221 e. The van der Waals surface area contributed by atoms with Gasteiger partial charge in [0.15, 0.2) is 0 Å². The normalized spacial score (nSPS) is 18.5. The van der Waals surface area contributed by atoms with Crippen LogP contribution in [0.5, 0.6) is 0 Å². The third kappa shape index (κ3) is 3.02. The van der Waals surface area contributed by atoms with Gasteiger partial charge in [-0.05, 0) is 30.4 Å². The molecule has 4 heteroatoms. The molecule has 1 N–H and O–H groups in total. The summed E-state index contributed by atoms with van der Waals surface area (Å²) >= 11 is 0. The lowest BCUT2D eigenvalue weighted by atomic mass is 10.2. The summed E-state index contributed by atoms with van der Waals surface area (Å²) in [4.78, 5) is 11.9. The number of amides is 1. The number of carbonyl (C=O) groups is 1. The molecular weight excluding hydrogens is 252 g/mol. The van der Waals surface area contributed by atoms with E-state index in [-0.39, 0.29) is 12.0 Å². The van der Waals surface area contributed by atoms with Crippen LogP contribution in [0, 0.1) is 0 Å². The molecule has 1 fully saturated rings. The number of nitrogens with zero attached hydrogens (tertiary/aromatic N) is 1. The Labute approximate surface area is 118 Å². The van der Waals surface area contributed by atoms with E-state index in [1.807, 2.05) is 18.3 Å². The van der Waals surface area contributed by atoms with Gasteiger partial charge in [0.25, 0.3) is 0 Å². The fourth-order valence-electron chi connectivity index (χ4n) is 2.68. The highest BCUT2D eigenvalue weighted by molar-refractivity contribution is 5.80. The van der Waals surface area contributed by atoms with Crippen LogP contribution in [0.1, 0.15) is 19.3 Å². The Balaban J connectivity index is 1.49. The van der Waals surface area contributed by atoms with Crippen molar-refractivity contribution in [2.45, 2.75) is 31.9 Å². The number of nitrogens with one attached hydrogen (secondary N) is 1. The van der Waals surface area contributed by atoms with Gasteiger partial charge in [-0.25, -0.2) is 0 Å². The molecule has 1 aromatic carbocycles. The van der Waals surface area contributed by atoms with Gasteiger partial charge in [-0.15, -0.1) is 0 Å². The van der Waals surface area contributed by atoms with Gasteiger partial charge in [0.2, 0.25) is 5.91 Å². The molecular formula is C16H20N2O2. The van der Waals surface area contributed by atoms with E-state index in [1.165, 1.54) is 10.9 Å². The first-order valence-corrected chi connectivity index (χ1v) is 7.25. The Bertz CT molecular complexity index is 585. The average molecular weight is 272 g/mol. The third-order valence-corrected chi connectivity index (χ3v) is 3.81. The SMILES string of the molecule is O=C(CCn1ccc2ccccc21)NC[C@@H]1CCCO1. The summed E-state index contributed by atoms with van der Waals surface area (Å²) in [5.74, 6) is 0.0956. The second-order valence-corrected chi connectivity index (χ2v) is 5.26. The number of rotatable bonds is 5. The Kier molecular flexibility index (Phi) is 4.02. The number of benzene rings is 1. The van der Waals surface area contributed by atoms with Gasteiger partial charge >= 0.3 is 0 Å². The van der Waals surface area contributed by atoms with Gasteiger partial charge in [-0.3, -0.25) is 4.79 Å². The van der Waals surface area contributed by atoms with E-state index in [4.69, 9.17) is 4.74 Å². The van der Waals surface area contributed by atoms with Crippen molar-refractivity contribution in [1.82, 2.24) is 9.88 Å². The summed E-state index contributed by atoms with van der Waals surface area (Å²) in [6.45, 7) is 2.19. The Hall–Kier alpha value is -1.81. The molecule has 0 saturated carbocycles. The van der Waals surface area contributed by atoms with E-state index in [1.54, 1.807) is 0 Å². The van der Waals surface area contributed by atoms with Crippen molar-refractivity contribution in [3.8, 4) is 0 Å². The first-order chi connectivity index (χ1) is 9.83. The molecule has 2 aromatic rings. The molecule has 0 unspecified atom stereocenters. The van der Waals surface area contributed by atoms with Crippen molar-refractivity contribution in [3.05, 3.63) is 36.5 Å². The minimum absolute atomic E-state index is 0.0956. The highest BCUT2D eigenvalue weighted by atomic mass is 16.5. The molecule has 1 saturated heterocycles. The number of hydrogen-bond donors (Lipinski definition) is 1. The predicted octanol–water partition coefficient (Wildman–Crippen LogP) is 2.33. The van der Waals surface area contributed by atoms with Gasteiger partial charge in [0.05, 0.1) is 6.10 Å². The molecule has 0 spiro atoms. The van der Waals surface area contributed by atoms with Crippen LogP contribution in [-0.2, 0) is 16.1 Å². The van der Waals surface area contributed by atoms with E-state index in [2.05, 4.69) is 28.1 Å². The molecule has 1 amide bonds. The van der Waals surface area contributed by atoms with Crippen molar-refractivity contribution in [1.29, 1.82) is 0 Å². The Morgan fingerprint density at radius 2 is 2.25 bits per heavy atom. The van der Waals surface area contributed by atoms with Crippen LogP contribution in [0.25, 0.3) is 10.9 Å². The lowest BCUT2D eigenvalue weighted by molar-refractivity contribution is -0.121. The number of carbonyl (C=O) groups excluding carboxylic acids is 1. The number of aryl methyl sites for hydroxylation is 1. The summed E-state index contributed by atoms with van der Waals surface area (Å²) in [5.41, 5.74) is 1.18. The van der Waals surface area contributed by atoms with Crippen LogP contribution < -0.4 is 5.32 Å². The quantitative estimate of drug-likeness (QED) is 0.907. The molecule has 0 radical (unpaired) electrons. The van der Waals surface area contributed by atoms with Gasteiger partial charge in [-0.1, -0.05) is 18.2 Å². The minimum atomic E-state index is 0.0956.